The third-order valence-electron chi connectivity index (χ3n) is 0.687. The van der Waals surface area contributed by atoms with Gasteiger partial charge in [0.05, 0.1) is 12.8 Å². The maximum absolute atomic E-state index is 10.7. The summed E-state index contributed by atoms with van der Waals surface area (Å²) < 4.78 is 27.8. The van der Waals surface area contributed by atoms with E-state index in [0.29, 0.717) is 0 Å². The Hall–Kier alpha value is -0.210. The maximum atomic E-state index is 10.7. The Balaban J connectivity index is 3.82. The zero-order valence-corrected chi connectivity index (χ0v) is 7.10. The van der Waals surface area contributed by atoms with Gasteiger partial charge in [-0.1, -0.05) is 0 Å². The molecule has 0 amide bonds. The summed E-state index contributed by atoms with van der Waals surface area (Å²) in [5.41, 5.74) is 10.2. The van der Waals surface area contributed by atoms with Crippen LogP contribution in [-0.4, -0.2) is 27.7 Å². The van der Waals surface area contributed by atoms with Gasteiger partial charge in [0.25, 0.3) is 0 Å². The topological polar surface area (TPSA) is 107 Å². The van der Waals surface area contributed by atoms with Crippen LogP contribution in [0.4, 0.5) is 0 Å². The largest absolute Gasteiger partial charge is 0.337 e. The van der Waals surface area contributed by atoms with Crippen molar-refractivity contribution in [3.05, 3.63) is 0 Å². The van der Waals surface area contributed by atoms with Gasteiger partial charge in [0.15, 0.2) is 0 Å². The van der Waals surface area contributed by atoms with Gasteiger partial charge in [0.2, 0.25) is 0 Å². The first kappa shape index (κ1) is 10.8. The highest BCUT2D eigenvalue weighted by atomic mass is 32.2. The van der Waals surface area contributed by atoms with Crippen LogP contribution in [0, 0.1) is 0 Å². The van der Waals surface area contributed by atoms with Gasteiger partial charge in [-0.2, -0.15) is 13.1 Å². The minimum atomic E-state index is -3.70. The Morgan fingerprint density at radius 3 is 2.55 bits per heavy atom. The van der Waals surface area contributed by atoms with Crippen LogP contribution < -0.4 is 16.2 Å². The van der Waals surface area contributed by atoms with Crippen LogP contribution in [0.25, 0.3) is 0 Å². The SMILES string of the molecule is CC(N)NS(=O)(=O)OCCN. The highest BCUT2D eigenvalue weighted by Gasteiger charge is 2.10. The molecule has 0 aliphatic carbocycles. The lowest BCUT2D eigenvalue weighted by Crippen LogP contribution is -2.40. The Kier molecular flexibility index (Phi) is 4.54. The highest BCUT2D eigenvalue weighted by Crippen LogP contribution is 1.86. The third-order valence-corrected chi connectivity index (χ3v) is 1.82. The Morgan fingerprint density at radius 1 is 1.64 bits per heavy atom. The van der Waals surface area contributed by atoms with Crippen LogP contribution in [0.2, 0.25) is 0 Å². The van der Waals surface area contributed by atoms with Gasteiger partial charge in [-0.15, -0.1) is 0 Å². The Labute approximate surface area is 66.1 Å². The summed E-state index contributed by atoms with van der Waals surface area (Å²) in [5, 5.41) is 0. The molecule has 7 heteroatoms. The normalized spacial score (nSPS) is 14.8. The molecule has 0 bridgehead atoms. The van der Waals surface area contributed by atoms with E-state index in [1.807, 2.05) is 4.72 Å². The molecule has 1 atom stereocenters. The van der Waals surface area contributed by atoms with Crippen molar-refractivity contribution in [1.29, 1.82) is 0 Å². The molecule has 0 aliphatic rings. The van der Waals surface area contributed by atoms with Crippen LogP contribution in [-0.2, 0) is 14.5 Å². The molecular formula is C4H13N3O3S. The predicted octanol–water partition coefficient (Wildman–Crippen LogP) is -1.90. The second-order valence-electron chi connectivity index (χ2n) is 1.97. The molecule has 0 aromatic rings. The minimum Gasteiger partial charge on any atom is -0.328 e. The van der Waals surface area contributed by atoms with Gasteiger partial charge in [-0.25, -0.2) is 0 Å². The van der Waals surface area contributed by atoms with Crippen LogP contribution in [0.1, 0.15) is 6.92 Å². The fourth-order valence-corrected chi connectivity index (χ4v) is 1.26. The zero-order valence-electron chi connectivity index (χ0n) is 6.28. The molecule has 0 aromatic carbocycles. The van der Waals surface area contributed by atoms with E-state index in [-0.39, 0.29) is 13.2 Å². The molecular weight excluding hydrogens is 170 g/mol. The van der Waals surface area contributed by atoms with Gasteiger partial charge in [0, 0.05) is 6.54 Å². The molecule has 0 radical (unpaired) electrons. The second kappa shape index (κ2) is 4.62. The Bertz CT molecular complexity index is 189. The van der Waals surface area contributed by atoms with Crippen LogP contribution in [0.15, 0.2) is 0 Å². The van der Waals surface area contributed by atoms with E-state index in [0.717, 1.165) is 0 Å². The summed E-state index contributed by atoms with van der Waals surface area (Å²) in [7, 11) is -3.70. The summed E-state index contributed by atoms with van der Waals surface area (Å²) in [6, 6.07) is 0. The average molecular weight is 183 g/mol. The van der Waals surface area contributed by atoms with E-state index in [1.165, 1.54) is 6.92 Å². The molecule has 11 heavy (non-hydrogen) atoms. The summed E-state index contributed by atoms with van der Waals surface area (Å²) >= 11 is 0. The summed E-state index contributed by atoms with van der Waals surface area (Å²) in [6.45, 7) is 1.60. The fourth-order valence-electron chi connectivity index (χ4n) is 0.420. The molecule has 0 aromatic heterocycles. The zero-order chi connectivity index (χ0) is 8.91. The predicted molar refractivity (Wildman–Crippen MR) is 40.7 cm³/mol. The molecule has 1 unspecified atom stereocenters. The van der Waals surface area contributed by atoms with Gasteiger partial charge >= 0.3 is 10.3 Å². The van der Waals surface area contributed by atoms with E-state index < -0.39 is 16.5 Å². The molecule has 0 aliphatic heterocycles. The average Bonchev–Trinajstić information content (AvgIpc) is 1.81. The standard InChI is InChI=1S/C4H13N3O3S/c1-4(6)7-11(8,9)10-3-2-5/h4,7H,2-3,5-6H2,1H3. The molecule has 0 spiro atoms. The number of hydrogen-bond donors (Lipinski definition) is 3. The molecule has 0 rings (SSSR count). The molecule has 0 fully saturated rings. The molecule has 68 valence electrons. The van der Waals surface area contributed by atoms with E-state index in [4.69, 9.17) is 11.5 Å². The van der Waals surface area contributed by atoms with Gasteiger partial charge in [-0.3, -0.25) is 4.18 Å². The van der Waals surface area contributed by atoms with Gasteiger partial charge in [-0.05, 0) is 6.92 Å². The minimum absolute atomic E-state index is 0.0396. The second-order valence-corrected chi connectivity index (χ2v) is 3.35. The van der Waals surface area contributed by atoms with Crippen molar-refractivity contribution in [2.24, 2.45) is 11.5 Å². The van der Waals surface area contributed by atoms with Crippen LogP contribution >= 0.6 is 0 Å². The van der Waals surface area contributed by atoms with E-state index in [9.17, 15) is 8.42 Å². The summed E-state index contributed by atoms with van der Waals surface area (Å²) in [4.78, 5) is 0. The van der Waals surface area contributed by atoms with E-state index >= 15 is 0 Å². The third kappa shape index (κ3) is 6.20. The van der Waals surface area contributed by atoms with Gasteiger partial charge in [0.1, 0.15) is 0 Å². The molecule has 0 saturated carbocycles. The first-order chi connectivity index (χ1) is 4.98. The lowest BCUT2D eigenvalue weighted by atomic mass is 10.7. The highest BCUT2D eigenvalue weighted by molar-refractivity contribution is 7.84. The smallest absolute Gasteiger partial charge is 0.328 e. The fraction of sp³-hybridized carbons (Fsp3) is 1.00. The number of hydrogen-bond acceptors (Lipinski definition) is 5. The van der Waals surface area contributed by atoms with E-state index in [2.05, 4.69) is 4.18 Å². The molecule has 0 saturated heterocycles. The summed E-state index contributed by atoms with van der Waals surface area (Å²) in [5.74, 6) is 0. The number of rotatable bonds is 5. The maximum Gasteiger partial charge on any atom is 0.337 e. The molecule has 5 N–H and O–H groups in total. The van der Waals surface area contributed by atoms with Gasteiger partial charge < -0.3 is 11.5 Å². The molecule has 0 heterocycles. The number of nitrogens with two attached hydrogens (primary N) is 2. The van der Waals surface area contributed by atoms with Crippen molar-refractivity contribution in [3.8, 4) is 0 Å². The van der Waals surface area contributed by atoms with Crippen molar-refractivity contribution < 1.29 is 12.6 Å². The van der Waals surface area contributed by atoms with E-state index in [1.54, 1.807) is 0 Å². The molecule has 6 nitrogen and oxygen atoms in total. The first-order valence-electron chi connectivity index (χ1n) is 3.10. The van der Waals surface area contributed by atoms with Crippen molar-refractivity contribution >= 4 is 10.3 Å². The number of nitrogens with one attached hydrogen (secondary N) is 1. The van der Waals surface area contributed by atoms with Crippen molar-refractivity contribution in [3.63, 3.8) is 0 Å². The lowest BCUT2D eigenvalue weighted by Gasteiger charge is -2.08. The monoisotopic (exact) mass is 183 g/mol. The first-order valence-corrected chi connectivity index (χ1v) is 4.51. The summed E-state index contributed by atoms with van der Waals surface area (Å²) in [6.07, 6.45) is -0.655. The Morgan fingerprint density at radius 2 is 2.18 bits per heavy atom. The van der Waals surface area contributed by atoms with Crippen molar-refractivity contribution in [2.75, 3.05) is 13.2 Å². The lowest BCUT2D eigenvalue weighted by molar-refractivity contribution is 0.317. The van der Waals surface area contributed by atoms with Crippen LogP contribution in [0.5, 0.6) is 0 Å². The van der Waals surface area contributed by atoms with Crippen LogP contribution in [0.3, 0.4) is 0 Å². The van der Waals surface area contributed by atoms with Crippen molar-refractivity contribution in [1.82, 2.24) is 4.72 Å². The quantitative estimate of drug-likeness (QED) is 0.431. The van der Waals surface area contributed by atoms with Crippen molar-refractivity contribution in [2.45, 2.75) is 13.1 Å².